The van der Waals surface area contributed by atoms with Gasteiger partial charge in [-0.1, -0.05) is 0 Å². The SMILES string of the molecule is FC(F)(F)CN(CC(F)(F)F)c1ccc2c(c1)c(C(F)(F)F)cc1nncn12. The first kappa shape index (κ1) is 20.0. The fraction of sp³-hybridized carbons (Fsp3) is 0.333. The van der Waals surface area contributed by atoms with Crippen molar-refractivity contribution in [3.8, 4) is 0 Å². The number of hydrogen-bond acceptors (Lipinski definition) is 3. The zero-order valence-corrected chi connectivity index (χ0v) is 13.5. The Morgan fingerprint density at radius 1 is 0.857 bits per heavy atom. The van der Waals surface area contributed by atoms with Crippen LogP contribution in [-0.4, -0.2) is 40.0 Å². The van der Waals surface area contributed by atoms with Crippen LogP contribution in [0.3, 0.4) is 0 Å². The molecule has 0 fully saturated rings. The van der Waals surface area contributed by atoms with Gasteiger partial charge in [0.15, 0.2) is 5.65 Å². The van der Waals surface area contributed by atoms with Gasteiger partial charge in [0.05, 0.1) is 11.1 Å². The molecular formula is C15H9F9N4. The Hall–Kier alpha value is -2.73. The number of hydrogen-bond donors (Lipinski definition) is 0. The number of halogens is 9. The summed E-state index contributed by atoms with van der Waals surface area (Å²) < 4.78 is 118. The Balaban J connectivity index is 2.22. The summed E-state index contributed by atoms with van der Waals surface area (Å²) in [6.07, 6.45) is -13.8. The van der Waals surface area contributed by atoms with E-state index in [0.29, 0.717) is 12.1 Å². The minimum Gasteiger partial charge on any atom is -0.353 e. The molecule has 4 nitrogen and oxygen atoms in total. The van der Waals surface area contributed by atoms with Crippen LogP contribution in [0, 0.1) is 0 Å². The number of fused-ring (bicyclic) bond motifs is 3. The lowest BCUT2D eigenvalue weighted by atomic mass is 10.1. The number of alkyl halides is 9. The molecule has 0 saturated carbocycles. The molecule has 0 bridgehead atoms. The molecule has 0 spiro atoms. The monoisotopic (exact) mass is 416 g/mol. The van der Waals surface area contributed by atoms with Crippen molar-refractivity contribution in [2.45, 2.75) is 18.5 Å². The molecule has 0 atom stereocenters. The fourth-order valence-corrected chi connectivity index (χ4v) is 2.79. The minimum atomic E-state index is -4.99. The smallest absolute Gasteiger partial charge is 0.353 e. The van der Waals surface area contributed by atoms with Gasteiger partial charge in [-0.2, -0.15) is 39.5 Å². The Labute approximate surface area is 150 Å². The molecule has 0 unspecified atom stereocenters. The molecule has 1 aromatic carbocycles. The van der Waals surface area contributed by atoms with Crippen LogP contribution >= 0.6 is 0 Å². The van der Waals surface area contributed by atoms with Crippen molar-refractivity contribution >= 4 is 22.2 Å². The zero-order chi connectivity index (χ0) is 20.9. The molecule has 0 aliphatic heterocycles. The summed E-state index contributed by atoms with van der Waals surface area (Å²) in [4.78, 5) is -0.0735. The molecule has 152 valence electrons. The van der Waals surface area contributed by atoms with Crippen LogP contribution in [0.2, 0.25) is 0 Å². The van der Waals surface area contributed by atoms with E-state index < -0.39 is 48.3 Å². The van der Waals surface area contributed by atoms with Gasteiger partial charge in [0.1, 0.15) is 19.4 Å². The molecule has 28 heavy (non-hydrogen) atoms. The van der Waals surface area contributed by atoms with E-state index in [4.69, 9.17) is 0 Å². The number of pyridine rings is 1. The summed E-state index contributed by atoms with van der Waals surface area (Å²) in [5.41, 5.74) is -2.18. The van der Waals surface area contributed by atoms with Crippen LogP contribution in [0.25, 0.3) is 16.6 Å². The first-order valence-corrected chi connectivity index (χ1v) is 7.47. The van der Waals surface area contributed by atoms with Crippen LogP contribution in [-0.2, 0) is 6.18 Å². The molecule has 3 rings (SSSR count). The number of rotatable bonds is 3. The van der Waals surface area contributed by atoms with Gasteiger partial charge in [0.25, 0.3) is 0 Å². The topological polar surface area (TPSA) is 33.4 Å². The van der Waals surface area contributed by atoms with Crippen LogP contribution in [0.15, 0.2) is 30.6 Å². The summed E-state index contributed by atoms with van der Waals surface area (Å²) in [7, 11) is 0. The van der Waals surface area contributed by atoms with E-state index in [-0.39, 0.29) is 16.1 Å². The van der Waals surface area contributed by atoms with Gasteiger partial charge in [-0.3, -0.25) is 4.40 Å². The van der Waals surface area contributed by atoms with Gasteiger partial charge >= 0.3 is 18.5 Å². The molecule has 0 radical (unpaired) electrons. The quantitative estimate of drug-likeness (QED) is 0.574. The first-order chi connectivity index (χ1) is 12.7. The minimum absolute atomic E-state index is 0.0735. The number of anilines is 1. The van der Waals surface area contributed by atoms with E-state index in [0.717, 1.165) is 22.9 Å². The van der Waals surface area contributed by atoms with E-state index in [9.17, 15) is 39.5 Å². The third kappa shape index (κ3) is 4.22. The van der Waals surface area contributed by atoms with Gasteiger partial charge in [-0.25, -0.2) is 0 Å². The van der Waals surface area contributed by atoms with Gasteiger partial charge in [-0.05, 0) is 24.3 Å². The maximum absolute atomic E-state index is 13.4. The van der Waals surface area contributed by atoms with Crippen LogP contribution in [0.4, 0.5) is 45.2 Å². The van der Waals surface area contributed by atoms with Crippen LogP contribution in [0.5, 0.6) is 0 Å². The van der Waals surface area contributed by atoms with Crippen LogP contribution < -0.4 is 4.90 Å². The Morgan fingerprint density at radius 3 is 2.00 bits per heavy atom. The zero-order valence-electron chi connectivity index (χ0n) is 13.5. The second-order valence-electron chi connectivity index (χ2n) is 5.90. The lowest BCUT2D eigenvalue weighted by Gasteiger charge is -2.27. The van der Waals surface area contributed by atoms with Crippen molar-refractivity contribution in [3.63, 3.8) is 0 Å². The van der Waals surface area contributed by atoms with Crippen molar-refractivity contribution in [3.05, 3.63) is 36.2 Å². The van der Waals surface area contributed by atoms with E-state index in [1.165, 1.54) is 0 Å². The highest BCUT2D eigenvalue weighted by Gasteiger charge is 2.38. The Kier molecular flexibility index (Phi) is 4.58. The second-order valence-corrected chi connectivity index (χ2v) is 5.90. The summed E-state index contributed by atoms with van der Waals surface area (Å²) in [6, 6.07) is 3.15. The molecule has 0 N–H and O–H groups in total. The highest BCUT2D eigenvalue weighted by molar-refractivity contribution is 5.89. The molecule has 0 aliphatic rings. The third-order valence-corrected chi connectivity index (χ3v) is 3.79. The normalized spacial score (nSPS) is 13.5. The van der Waals surface area contributed by atoms with E-state index in [1.807, 2.05) is 0 Å². The highest BCUT2D eigenvalue weighted by atomic mass is 19.4. The van der Waals surface area contributed by atoms with Crippen molar-refractivity contribution < 1.29 is 39.5 Å². The molecule has 2 heterocycles. The third-order valence-electron chi connectivity index (χ3n) is 3.79. The number of benzene rings is 1. The van der Waals surface area contributed by atoms with Crippen molar-refractivity contribution in [2.24, 2.45) is 0 Å². The van der Waals surface area contributed by atoms with E-state index >= 15 is 0 Å². The van der Waals surface area contributed by atoms with E-state index in [2.05, 4.69) is 10.2 Å². The maximum Gasteiger partial charge on any atom is 0.417 e. The molecule has 2 aromatic heterocycles. The molecule has 13 heteroatoms. The summed E-state index contributed by atoms with van der Waals surface area (Å²) >= 11 is 0. The lowest BCUT2D eigenvalue weighted by Crippen LogP contribution is -2.40. The average molecular weight is 416 g/mol. The summed E-state index contributed by atoms with van der Waals surface area (Å²) in [5.74, 6) is 0. The predicted octanol–water partition coefficient (Wildman–Crippen LogP) is 4.83. The fourth-order valence-electron chi connectivity index (χ4n) is 2.79. The number of nitrogens with zero attached hydrogens (tertiary/aromatic N) is 4. The van der Waals surface area contributed by atoms with Crippen LogP contribution in [0.1, 0.15) is 5.56 Å². The molecule has 0 aliphatic carbocycles. The summed E-state index contributed by atoms with van der Waals surface area (Å²) in [5, 5.41) is 6.39. The van der Waals surface area contributed by atoms with Crippen molar-refractivity contribution in [1.82, 2.24) is 14.6 Å². The van der Waals surface area contributed by atoms with Crippen molar-refractivity contribution in [2.75, 3.05) is 18.0 Å². The largest absolute Gasteiger partial charge is 0.417 e. The van der Waals surface area contributed by atoms with Gasteiger partial charge in [0.2, 0.25) is 0 Å². The second kappa shape index (κ2) is 6.41. The van der Waals surface area contributed by atoms with Crippen molar-refractivity contribution in [1.29, 1.82) is 0 Å². The van der Waals surface area contributed by atoms with E-state index in [1.54, 1.807) is 0 Å². The predicted molar refractivity (Wildman–Crippen MR) is 79.8 cm³/mol. The van der Waals surface area contributed by atoms with Gasteiger partial charge in [-0.15, -0.1) is 10.2 Å². The Morgan fingerprint density at radius 2 is 1.46 bits per heavy atom. The number of aromatic nitrogens is 3. The lowest BCUT2D eigenvalue weighted by molar-refractivity contribution is -0.138. The molecule has 0 amide bonds. The average Bonchev–Trinajstić information content (AvgIpc) is 2.98. The highest BCUT2D eigenvalue weighted by Crippen LogP contribution is 2.38. The standard InChI is InChI=1S/C15H9F9N4/c16-13(17,18)5-27(6-14(19,20)21)8-1-2-11-9(3-8)10(15(22,23)24)4-12-26-25-7-28(11)12/h1-4,7H,5-6H2. The molecular weight excluding hydrogens is 407 g/mol. The molecule has 3 aromatic rings. The first-order valence-electron chi connectivity index (χ1n) is 7.47. The Bertz CT molecular complexity index is 985. The summed E-state index contributed by atoms with van der Waals surface area (Å²) in [6.45, 7) is -3.96. The maximum atomic E-state index is 13.4. The molecule has 0 saturated heterocycles. The van der Waals surface area contributed by atoms with Gasteiger partial charge in [0, 0.05) is 11.1 Å². The van der Waals surface area contributed by atoms with Gasteiger partial charge < -0.3 is 4.90 Å².